The number of nitrogens with two attached hydrogens (primary N) is 1. The zero-order valence-electron chi connectivity index (χ0n) is 11.8. The van der Waals surface area contributed by atoms with Gasteiger partial charge in [-0.25, -0.2) is 0 Å². The van der Waals surface area contributed by atoms with E-state index < -0.39 is 0 Å². The van der Waals surface area contributed by atoms with Gasteiger partial charge >= 0.3 is 0 Å². The normalized spacial score (nSPS) is 12.2. The third kappa shape index (κ3) is 2.92. The van der Waals surface area contributed by atoms with Gasteiger partial charge in [-0.3, -0.25) is 0 Å². The van der Waals surface area contributed by atoms with Crippen molar-refractivity contribution in [1.29, 1.82) is 0 Å². The minimum Gasteiger partial charge on any atom is -0.493 e. The van der Waals surface area contributed by atoms with E-state index in [2.05, 4.69) is 19.1 Å². The number of benzene rings is 1. The van der Waals surface area contributed by atoms with Crippen LogP contribution in [-0.4, -0.2) is 14.2 Å². The Morgan fingerprint density at radius 2 is 1.85 bits per heavy atom. The minimum atomic E-state index is -0.257. The molecule has 2 rings (SSSR count). The van der Waals surface area contributed by atoms with E-state index in [-0.39, 0.29) is 6.04 Å². The molecule has 0 amide bonds. The molecule has 20 heavy (non-hydrogen) atoms. The first-order chi connectivity index (χ1) is 9.60. The van der Waals surface area contributed by atoms with Gasteiger partial charge in [0.2, 0.25) is 0 Å². The summed E-state index contributed by atoms with van der Waals surface area (Å²) in [5.41, 5.74) is 7.17. The SMILES string of the molecule is CCc1ccc(C(N)c2cc(OC)c(OC)cc2Cl)s1. The van der Waals surface area contributed by atoms with E-state index in [0.29, 0.717) is 16.5 Å². The molecule has 2 aromatic rings. The van der Waals surface area contributed by atoms with E-state index in [1.807, 2.05) is 6.07 Å². The van der Waals surface area contributed by atoms with Crippen molar-refractivity contribution < 1.29 is 9.47 Å². The highest BCUT2D eigenvalue weighted by atomic mass is 35.5. The van der Waals surface area contributed by atoms with Gasteiger partial charge in [-0.1, -0.05) is 18.5 Å². The third-order valence-corrected chi connectivity index (χ3v) is 4.82. The highest BCUT2D eigenvalue weighted by molar-refractivity contribution is 7.12. The van der Waals surface area contributed by atoms with Crippen LogP contribution in [0.2, 0.25) is 5.02 Å². The van der Waals surface area contributed by atoms with Gasteiger partial charge in [0.15, 0.2) is 11.5 Å². The lowest BCUT2D eigenvalue weighted by molar-refractivity contribution is 0.354. The van der Waals surface area contributed by atoms with Gasteiger partial charge in [0.1, 0.15) is 0 Å². The molecule has 3 nitrogen and oxygen atoms in total. The Balaban J connectivity index is 2.40. The molecule has 108 valence electrons. The number of ether oxygens (including phenoxy) is 2. The van der Waals surface area contributed by atoms with Gasteiger partial charge in [0.25, 0.3) is 0 Å². The average Bonchev–Trinajstić information content (AvgIpc) is 2.95. The fourth-order valence-corrected chi connectivity index (χ4v) is 3.26. The van der Waals surface area contributed by atoms with E-state index in [4.69, 9.17) is 26.8 Å². The summed E-state index contributed by atoms with van der Waals surface area (Å²) in [6, 6.07) is 7.49. The molecule has 0 fully saturated rings. The van der Waals surface area contributed by atoms with Gasteiger partial charge in [-0.2, -0.15) is 0 Å². The van der Waals surface area contributed by atoms with Crippen molar-refractivity contribution in [1.82, 2.24) is 0 Å². The molecule has 0 aliphatic rings. The van der Waals surface area contributed by atoms with Crippen LogP contribution in [0.5, 0.6) is 11.5 Å². The number of hydrogen-bond donors (Lipinski definition) is 1. The second-order valence-corrected chi connectivity index (χ2v) is 5.97. The van der Waals surface area contributed by atoms with Gasteiger partial charge in [-0.15, -0.1) is 11.3 Å². The zero-order valence-corrected chi connectivity index (χ0v) is 13.3. The molecule has 2 N–H and O–H groups in total. The maximum absolute atomic E-state index is 6.33. The Labute approximate surface area is 128 Å². The summed E-state index contributed by atoms with van der Waals surface area (Å²) in [5, 5.41) is 0.585. The maximum Gasteiger partial charge on any atom is 0.162 e. The van der Waals surface area contributed by atoms with Gasteiger partial charge in [-0.05, 0) is 30.2 Å². The average molecular weight is 312 g/mol. The van der Waals surface area contributed by atoms with Crippen LogP contribution in [0.25, 0.3) is 0 Å². The van der Waals surface area contributed by atoms with Crippen LogP contribution in [0.15, 0.2) is 24.3 Å². The molecule has 1 aromatic carbocycles. The Kier molecular flexibility index (Phi) is 4.91. The Hall–Kier alpha value is -1.23. The molecule has 5 heteroatoms. The van der Waals surface area contributed by atoms with Crippen molar-refractivity contribution >= 4 is 22.9 Å². The lowest BCUT2D eigenvalue weighted by atomic mass is 10.1. The van der Waals surface area contributed by atoms with Crippen LogP contribution in [0.3, 0.4) is 0 Å². The minimum absolute atomic E-state index is 0.257. The molecule has 0 aliphatic carbocycles. The summed E-state index contributed by atoms with van der Waals surface area (Å²) in [6.07, 6.45) is 1.01. The van der Waals surface area contributed by atoms with Crippen LogP contribution in [0, 0.1) is 0 Å². The van der Waals surface area contributed by atoms with E-state index >= 15 is 0 Å². The molecule has 1 unspecified atom stereocenters. The fraction of sp³-hybridized carbons (Fsp3) is 0.333. The summed E-state index contributed by atoms with van der Waals surface area (Å²) in [7, 11) is 3.18. The number of hydrogen-bond acceptors (Lipinski definition) is 4. The molecule has 1 aromatic heterocycles. The van der Waals surface area contributed by atoms with Crippen LogP contribution >= 0.6 is 22.9 Å². The number of methoxy groups -OCH3 is 2. The first-order valence-electron chi connectivity index (χ1n) is 6.36. The molecule has 0 spiro atoms. The predicted octanol–water partition coefficient (Wildman–Crippen LogP) is 4.03. The van der Waals surface area contributed by atoms with Crippen LogP contribution < -0.4 is 15.2 Å². The van der Waals surface area contributed by atoms with Crippen LogP contribution in [-0.2, 0) is 6.42 Å². The standard InChI is InChI=1S/C15H18ClNO2S/c1-4-9-5-6-14(20-9)15(17)10-7-12(18-2)13(19-3)8-11(10)16/h5-8,15H,4,17H2,1-3H3. The summed E-state index contributed by atoms with van der Waals surface area (Å²) in [6.45, 7) is 2.13. The third-order valence-electron chi connectivity index (χ3n) is 3.18. The number of aryl methyl sites for hydroxylation is 1. The first kappa shape index (κ1) is 15.2. The largest absolute Gasteiger partial charge is 0.493 e. The second-order valence-electron chi connectivity index (χ2n) is 4.36. The summed E-state index contributed by atoms with van der Waals surface area (Å²) in [5.74, 6) is 1.24. The van der Waals surface area contributed by atoms with Crippen LogP contribution in [0.4, 0.5) is 0 Å². The molecule has 0 radical (unpaired) electrons. The molecule has 0 aliphatic heterocycles. The van der Waals surface area contributed by atoms with Crippen molar-refractivity contribution in [2.24, 2.45) is 5.73 Å². The highest BCUT2D eigenvalue weighted by Gasteiger charge is 2.18. The number of rotatable bonds is 5. The lowest BCUT2D eigenvalue weighted by Gasteiger charge is -2.16. The van der Waals surface area contributed by atoms with Crippen molar-refractivity contribution in [3.63, 3.8) is 0 Å². The Morgan fingerprint density at radius 3 is 2.40 bits per heavy atom. The molecular weight excluding hydrogens is 294 g/mol. The van der Waals surface area contributed by atoms with E-state index in [0.717, 1.165) is 16.9 Å². The molecule has 0 saturated heterocycles. The lowest BCUT2D eigenvalue weighted by Crippen LogP contribution is -2.11. The zero-order chi connectivity index (χ0) is 14.7. The van der Waals surface area contributed by atoms with E-state index in [9.17, 15) is 0 Å². The van der Waals surface area contributed by atoms with Gasteiger partial charge < -0.3 is 15.2 Å². The molecule has 0 bridgehead atoms. The molecule has 1 atom stereocenters. The quantitative estimate of drug-likeness (QED) is 0.906. The predicted molar refractivity (Wildman–Crippen MR) is 84.3 cm³/mol. The smallest absolute Gasteiger partial charge is 0.162 e. The molecule has 1 heterocycles. The van der Waals surface area contributed by atoms with E-state index in [1.165, 1.54) is 4.88 Å². The number of thiophene rings is 1. The monoisotopic (exact) mass is 311 g/mol. The first-order valence-corrected chi connectivity index (χ1v) is 7.55. The van der Waals surface area contributed by atoms with Crippen molar-refractivity contribution in [3.8, 4) is 11.5 Å². The Morgan fingerprint density at radius 1 is 1.20 bits per heavy atom. The number of halogens is 1. The van der Waals surface area contributed by atoms with Crippen LogP contribution in [0.1, 0.15) is 28.3 Å². The second kappa shape index (κ2) is 6.48. The highest BCUT2D eigenvalue weighted by Crippen LogP contribution is 2.38. The topological polar surface area (TPSA) is 44.5 Å². The summed E-state index contributed by atoms with van der Waals surface area (Å²) in [4.78, 5) is 2.41. The maximum atomic E-state index is 6.33. The van der Waals surface area contributed by atoms with Gasteiger partial charge in [0.05, 0.1) is 20.3 Å². The summed E-state index contributed by atoms with van der Waals surface area (Å²) < 4.78 is 10.5. The molecular formula is C15H18ClNO2S. The van der Waals surface area contributed by atoms with Gasteiger partial charge in [0, 0.05) is 20.8 Å². The fourth-order valence-electron chi connectivity index (χ4n) is 2.01. The van der Waals surface area contributed by atoms with Crippen molar-refractivity contribution in [2.75, 3.05) is 14.2 Å². The Bertz CT molecular complexity index is 598. The van der Waals surface area contributed by atoms with E-state index in [1.54, 1.807) is 31.6 Å². The molecule has 0 saturated carbocycles. The van der Waals surface area contributed by atoms with Crippen molar-refractivity contribution in [2.45, 2.75) is 19.4 Å². The van der Waals surface area contributed by atoms with Crippen molar-refractivity contribution in [3.05, 3.63) is 44.6 Å². The summed E-state index contributed by atoms with van der Waals surface area (Å²) >= 11 is 8.02.